The van der Waals surface area contributed by atoms with Crippen molar-refractivity contribution >= 4 is 11.6 Å². The highest BCUT2D eigenvalue weighted by molar-refractivity contribution is 6.01. The zero-order valence-electron chi connectivity index (χ0n) is 28.3. The lowest BCUT2D eigenvalue weighted by Crippen LogP contribution is -2.54. The van der Waals surface area contributed by atoms with Crippen molar-refractivity contribution in [3.05, 3.63) is 35.5 Å². The lowest BCUT2D eigenvalue weighted by molar-refractivity contribution is -0.125. The van der Waals surface area contributed by atoms with E-state index in [2.05, 4.69) is 47.6 Å². The first-order valence-corrected chi connectivity index (χ1v) is 18.2. The molecule has 13 atom stereocenters. The van der Waals surface area contributed by atoms with Gasteiger partial charge in [-0.25, -0.2) is 0 Å². The summed E-state index contributed by atoms with van der Waals surface area (Å²) in [6.07, 6.45) is 22.3. The Morgan fingerprint density at radius 2 is 1.45 bits per heavy atom. The molecule has 44 heavy (non-hydrogen) atoms. The van der Waals surface area contributed by atoms with Gasteiger partial charge in [0.2, 0.25) is 0 Å². The van der Waals surface area contributed by atoms with Crippen LogP contribution in [0.3, 0.4) is 0 Å². The second-order valence-electron chi connectivity index (χ2n) is 17.9. The zero-order chi connectivity index (χ0) is 31.4. The minimum atomic E-state index is -0.502. The molecule has 8 rings (SSSR count). The van der Waals surface area contributed by atoms with E-state index in [-0.39, 0.29) is 33.5 Å². The van der Waals surface area contributed by atoms with Crippen LogP contribution in [0, 0.1) is 63.1 Å². The van der Waals surface area contributed by atoms with E-state index in [0.29, 0.717) is 35.4 Å². The van der Waals surface area contributed by atoms with Crippen LogP contribution >= 0.6 is 0 Å². The molecule has 0 aromatic heterocycles. The third-order valence-electron chi connectivity index (χ3n) is 16.6. The molecule has 0 amide bonds. The van der Waals surface area contributed by atoms with E-state index in [4.69, 9.17) is 0 Å². The van der Waals surface area contributed by atoms with Gasteiger partial charge in [-0.1, -0.05) is 44.9 Å². The van der Waals surface area contributed by atoms with Gasteiger partial charge in [-0.05, 0) is 167 Å². The summed E-state index contributed by atoms with van der Waals surface area (Å²) in [5.74, 6) is 5.23. The number of ketones is 2. The van der Waals surface area contributed by atoms with Crippen molar-refractivity contribution in [2.75, 3.05) is 0 Å². The highest BCUT2D eigenvalue weighted by Crippen LogP contribution is 2.68. The van der Waals surface area contributed by atoms with Crippen LogP contribution in [0.1, 0.15) is 125 Å². The van der Waals surface area contributed by atoms with E-state index in [9.17, 15) is 19.8 Å². The van der Waals surface area contributed by atoms with Crippen molar-refractivity contribution in [1.82, 2.24) is 0 Å². The molecule has 6 saturated carbocycles. The molecule has 0 saturated heterocycles. The average Bonchev–Trinajstić information content (AvgIpc) is 3.41. The molecule has 0 aromatic rings. The highest BCUT2D eigenvalue weighted by Gasteiger charge is 2.63. The number of hydrogen-bond donors (Lipinski definition) is 2. The first kappa shape index (κ1) is 31.1. The Kier molecular flexibility index (Phi) is 7.24. The van der Waals surface area contributed by atoms with E-state index in [1.54, 1.807) is 6.08 Å². The second kappa shape index (κ2) is 10.2. The molecule has 4 nitrogen and oxygen atoms in total. The minimum Gasteiger partial charge on any atom is -0.393 e. The number of carbonyl (C=O) groups is 2. The van der Waals surface area contributed by atoms with Gasteiger partial charge >= 0.3 is 0 Å². The number of carbonyl (C=O) groups excluding carboxylic acids is 2. The maximum atomic E-state index is 12.0. The van der Waals surface area contributed by atoms with Crippen LogP contribution in [0.5, 0.6) is 0 Å². The molecule has 0 aliphatic heterocycles. The van der Waals surface area contributed by atoms with Crippen molar-refractivity contribution in [3.8, 4) is 0 Å². The van der Waals surface area contributed by atoms with Gasteiger partial charge in [-0.3, -0.25) is 9.59 Å². The Morgan fingerprint density at radius 1 is 0.750 bits per heavy atom. The summed E-state index contributed by atoms with van der Waals surface area (Å²) in [5, 5.41) is 21.4. The molecule has 0 heterocycles. The second-order valence-corrected chi connectivity index (χ2v) is 17.9. The van der Waals surface area contributed by atoms with Gasteiger partial charge in [0.25, 0.3) is 0 Å². The number of rotatable bonds is 0. The molecule has 8 aliphatic carbocycles. The van der Waals surface area contributed by atoms with Crippen LogP contribution in [0.25, 0.3) is 0 Å². The van der Waals surface area contributed by atoms with Gasteiger partial charge in [0.1, 0.15) is 0 Å². The molecule has 4 heteroatoms. The normalized spacial score (nSPS) is 53.9. The SMILES string of the molecule is CC1=CC(=O)C[C@@H]2CC[C@H]3[C@@H]4CC[C@H](O)[C@@]4(C)CC[C@@H]3[C@@]12C.C[C@]12C=CC(=O)C=C1CC[C@@H]1[C@@H]2CC[C@@]2(C)[C@H]1CC[C@]2(C)O. The van der Waals surface area contributed by atoms with Crippen molar-refractivity contribution < 1.29 is 19.8 Å². The number of fused-ring (bicyclic) bond motifs is 10. The Hall–Kier alpha value is -1.52. The number of aliphatic hydroxyl groups is 2. The molecular formula is C40H58O4. The average molecular weight is 603 g/mol. The van der Waals surface area contributed by atoms with Gasteiger partial charge in [-0.2, -0.15) is 0 Å². The van der Waals surface area contributed by atoms with Crippen LogP contribution in [-0.4, -0.2) is 33.5 Å². The summed E-state index contributed by atoms with van der Waals surface area (Å²) in [4.78, 5) is 23.7. The predicted molar refractivity (Wildman–Crippen MR) is 175 cm³/mol. The maximum absolute atomic E-state index is 12.0. The fourth-order valence-corrected chi connectivity index (χ4v) is 13.5. The predicted octanol–water partition coefficient (Wildman–Crippen LogP) is 8.17. The van der Waals surface area contributed by atoms with Crippen LogP contribution in [0.4, 0.5) is 0 Å². The Morgan fingerprint density at radius 3 is 2.23 bits per heavy atom. The van der Waals surface area contributed by atoms with Gasteiger partial charge in [-0.15, -0.1) is 0 Å². The first-order chi connectivity index (χ1) is 20.6. The summed E-state index contributed by atoms with van der Waals surface area (Å²) in [6, 6.07) is 0. The molecular weight excluding hydrogens is 544 g/mol. The molecule has 2 N–H and O–H groups in total. The number of hydrogen-bond acceptors (Lipinski definition) is 4. The zero-order valence-corrected chi connectivity index (χ0v) is 28.3. The summed E-state index contributed by atoms with van der Waals surface area (Å²) in [6.45, 7) is 13.7. The van der Waals surface area contributed by atoms with E-state index in [1.807, 2.05) is 12.2 Å². The molecule has 0 unspecified atom stereocenters. The highest BCUT2D eigenvalue weighted by atomic mass is 16.3. The first-order valence-electron chi connectivity index (χ1n) is 18.2. The van der Waals surface area contributed by atoms with Gasteiger partial charge in [0.15, 0.2) is 11.6 Å². The standard InChI is InChI=1S/C20H28O2.C20H30O2/c1-18-9-6-14(21)12-13(18)4-5-15-16(18)7-10-19(2)17(15)8-11-20(19,3)22;1-12-10-14(21)11-13-4-5-15-16-6-7-18(22)19(16,2)9-8-17(15)20(12,13)3/h6,9,12,15-17,22H,4-5,7-8,10-11H2,1-3H3;10,13,15-18,22H,4-9,11H2,1-3H3/t15-,16+,17+,18+,19+,20+;13-,15-,16-,17-,18-,19-,20-/m10/s1. The molecule has 6 fully saturated rings. The van der Waals surface area contributed by atoms with Crippen LogP contribution < -0.4 is 0 Å². The summed E-state index contributed by atoms with van der Waals surface area (Å²) < 4.78 is 0. The molecule has 0 radical (unpaired) electrons. The molecule has 242 valence electrons. The summed E-state index contributed by atoms with van der Waals surface area (Å²) >= 11 is 0. The van der Waals surface area contributed by atoms with E-state index < -0.39 is 5.60 Å². The monoisotopic (exact) mass is 602 g/mol. The van der Waals surface area contributed by atoms with E-state index in [0.717, 1.165) is 43.9 Å². The van der Waals surface area contributed by atoms with Crippen molar-refractivity contribution in [2.45, 2.75) is 137 Å². The van der Waals surface area contributed by atoms with Crippen molar-refractivity contribution in [1.29, 1.82) is 0 Å². The Balaban J connectivity index is 0.000000142. The van der Waals surface area contributed by atoms with Crippen LogP contribution in [0.15, 0.2) is 35.5 Å². The fraction of sp³-hybridized carbons (Fsp3) is 0.800. The smallest absolute Gasteiger partial charge is 0.178 e. The Bertz CT molecular complexity index is 1320. The topological polar surface area (TPSA) is 74.6 Å². The maximum Gasteiger partial charge on any atom is 0.178 e. The van der Waals surface area contributed by atoms with Crippen LogP contribution in [-0.2, 0) is 9.59 Å². The number of allylic oxidation sites excluding steroid dienone is 6. The fourth-order valence-electron chi connectivity index (χ4n) is 13.5. The third-order valence-corrected chi connectivity index (χ3v) is 16.6. The molecule has 0 aromatic carbocycles. The molecule has 0 bridgehead atoms. The van der Waals surface area contributed by atoms with Gasteiger partial charge in [0, 0.05) is 11.8 Å². The Labute approximate surface area is 266 Å². The lowest BCUT2D eigenvalue weighted by Gasteiger charge is -2.60. The van der Waals surface area contributed by atoms with E-state index >= 15 is 0 Å². The largest absolute Gasteiger partial charge is 0.393 e. The van der Waals surface area contributed by atoms with Crippen molar-refractivity contribution in [2.24, 2.45) is 63.1 Å². The van der Waals surface area contributed by atoms with Crippen molar-refractivity contribution in [3.63, 3.8) is 0 Å². The summed E-state index contributed by atoms with van der Waals surface area (Å²) in [5.41, 5.74) is 2.74. The van der Waals surface area contributed by atoms with Gasteiger partial charge < -0.3 is 10.2 Å². The lowest BCUT2D eigenvalue weighted by atomic mass is 9.45. The minimum absolute atomic E-state index is 0.0760. The number of aliphatic hydroxyl groups excluding tert-OH is 1. The van der Waals surface area contributed by atoms with Gasteiger partial charge in [0.05, 0.1) is 11.7 Å². The molecule has 8 aliphatic rings. The third kappa shape index (κ3) is 4.21. The van der Waals surface area contributed by atoms with E-state index in [1.165, 1.54) is 62.5 Å². The summed E-state index contributed by atoms with van der Waals surface area (Å²) in [7, 11) is 0. The quantitative estimate of drug-likeness (QED) is 0.293. The molecule has 0 spiro atoms. The van der Waals surface area contributed by atoms with Crippen LogP contribution in [0.2, 0.25) is 0 Å².